The van der Waals surface area contributed by atoms with Crippen LogP contribution in [-0.4, -0.2) is 24.1 Å². The SMILES string of the molecule is CCS(=O)(=O)c1nc(C2(C#N)CC2)cnc1C. The summed E-state index contributed by atoms with van der Waals surface area (Å²) in [7, 11) is -3.38. The summed E-state index contributed by atoms with van der Waals surface area (Å²) in [6.45, 7) is 3.19. The van der Waals surface area contributed by atoms with Crippen molar-refractivity contribution in [2.24, 2.45) is 0 Å². The molecule has 1 fully saturated rings. The van der Waals surface area contributed by atoms with Crippen LogP contribution in [0.2, 0.25) is 0 Å². The second-order valence-corrected chi connectivity index (χ2v) is 6.44. The fourth-order valence-corrected chi connectivity index (χ4v) is 2.66. The van der Waals surface area contributed by atoms with Crippen LogP contribution in [0.5, 0.6) is 0 Å². The highest BCUT2D eigenvalue weighted by molar-refractivity contribution is 7.91. The molecule has 90 valence electrons. The van der Waals surface area contributed by atoms with Crippen LogP contribution < -0.4 is 0 Å². The Bertz CT molecular complexity index is 598. The molecule has 1 saturated carbocycles. The maximum absolute atomic E-state index is 11.8. The first kappa shape index (κ1) is 12.0. The first-order chi connectivity index (χ1) is 7.95. The highest BCUT2D eigenvalue weighted by Crippen LogP contribution is 2.46. The Kier molecular flexibility index (Phi) is 2.66. The Labute approximate surface area is 100 Å². The highest BCUT2D eigenvalue weighted by Gasteiger charge is 2.47. The molecular formula is C11H13N3O2S. The molecule has 0 N–H and O–H groups in total. The van der Waals surface area contributed by atoms with Crippen LogP contribution in [0, 0.1) is 18.3 Å². The molecule has 0 unspecified atom stereocenters. The topological polar surface area (TPSA) is 83.7 Å². The summed E-state index contributed by atoms with van der Waals surface area (Å²) in [6.07, 6.45) is 2.97. The zero-order valence-corrected chi connectivity index (χ0v) is 10.6. The van der Waals surface area contributed by atoms with Gasteiger partial charge in [-0.2, -0.15) is 5.26 Å². The van der Waals surface area contributed by atoms with Crippen molar-refractivity contribution in [3.8, 4) is 6.07 Å². The van der Waals surface area contributed by atoms with Gasteiger partial charge in [0.05, 0.1) is 29.4 Å². The zero-order valence-electron chi connectivity index (χ0n) is 9.77. The smallest absolute Gasteiger partial charge is 0.197 e. The van der Waals surface area contributed by atoms with Gasteiger partial charge >= 0.3 is 0 Å². The van der Waals surface area contributed by atoms with Crippen molar-refractivity contribution in [2.75, 3.05) is 5.75 Å². The Hall–Kier alpha value is -1.48. The number of nitrogens with zero attached hydrogens (tertiary/aromatic N) is 3. The molecule has 0 atom stereocenters. The van der Waals surface area contributed by atoms with Crippen LogP contribution in [0.15, 0.2) is 11.2 Å². The van der Waals surface area contributed by atoms with Gasteiger partial charge in [0.1, 0.15) is 5.41 Å². The molecule has 0 amide bonds. The first-order valence-electron chi connectivity index (χ1n) is 5.43. The van der Waals surface area contributed by atoms with Crippen LogP contribution in [0.4, 0.5) is 0 Å². The average molecular weight is 251 g/mol. The molecule has 1 aromatic rings. The van der Waals surface area contributed by atoms with Crippen molar-refractivity contribution in [1.29, 1.82) is 5.26 Å². The van der Waals surface area contributed by atoms with E-state index in [0.717, 1.165) is 12.8 Å². The molecule has 17 heavy (non-hydrogen) atoms. The van der Waals surface area contributed by atoms with Gasteiger partial charge in [-0.3, -0.25) is 4.98 Å². The number of aromatic nitrogens is 2. The maximum atomic E-state index is 11.8. The average Bonchev–Trinajstić information content (AvgIpc) is 3.10. The predicted molar refractivity (Wildman–Crippen MR) is 61.0 cm³/mol. The molecule has 2 rings (SSSR count). The Balaban J connectivity index is 2.56. The number of hydrogen-bond acceptors (Lipinski definition) is 5. The minimum absolute atomic E-state index is 0.00841. The zero-order chi connectivity index (χ0) is 12.7. The van der Waals surface area contributed by atoms with Crippen LogP contribution >= 0.6 is 0 Å². The van der Waals surface area contributed by atoms with E-state index in [0.29, 0.717) is 11.4 Å². The van der Waals surface area contributed by atoms with E-state index in [-0.39, 0.29) is 10.8 Å². The van der Waals surface area contributed by atoms with Gasteiger partial charge in [0, 0.05) is 0 Å². The van der Waals surface area contributed by atoms with Crippen molar-refractivity contribution >= 4 is 9.84 Å². The maximum Gasteiger partial charge on any atom is 0.197 e. The van der Waals surface area contributed by atoms with Gasteiger partial charge in [0.25, 0.3) is 0 Å². The van der Waals surface area contributed by atoms with E-state index in [1.54, 1.807) is 13.8 Å². The summed E-state index contributed by atoms with van der Waals surface area (Å²) in [5.74, 6) is -0.00841. The fraction of sp³-hybridized carbons (Fsp3) is 0.545. The molecular weight excluding hydrogens is 238 g/mol. The second kappa shape index (κ2) is 3.77. The van der Waals surface area contributed by atoms with Gasteiger partial charge in [-0.05, 0) is 19.8 Å². The molecule has 1 aromatic heterocycles. The van der Waals surface area contributed by atoms with E-state index < -0.39 is 15.3 Å². The number of aryl methyl sites for hydroxylation is 1. The van der Waals surface area contributed by atoms with Gasteiger partial charge in [-0.15, -0.1) is 0 Å². The van der Waals surface area contributed by atoms with E-state index in [1.807, 2.05) is 0 Å². The van der Waals surface area contributed by atoms with Crippen molar-refractivity contribution in [3.05, 3.63) is 17.6 Å². The summed E-state index contributed by atoms with van der Waals surface area (Å²) < 4.78 is 23.6. The Morgan fingerprint density at radius 3 is 2.65 bits per heavy atom. The van der Waals surface area contributed by atoms with Crippen LogP contribution in [0.25, 0.3) is 0 Å². The summed E-state index contributed by atoms with van der Waals surface area (Å²) in [6, 6.07) is 2.19. The van der Waals surface area contributed by atoms with Crippen molar-refractivity contribution < 1.29 is 8.42 Å². The third-order valence-corrected chi connectivity index (χ3v) is 4.78. The predicted octanol–water partition coefficient (Wildman–Crippen LogP) is 1.13. The molecule has 1 aliphatic carbocycles. The lowest BCUT2D eigenvalue weighted by Gasteiger charge is -2.09. The minimum Gasteiger partial charge on any atom is -0.257 e. The van der Waals surface area contributed by atoms with Crippen molar-refractivity contribution in [1.82, 2.24) is 9.97 Å². The van der Waals surface area contributed by atoms with Gasteiger partial charge < -0.3 is 0 Å². The third kappa shape index (κ3) is 1.91. The van der Waals surface area contributed by atoms with E-state index >= 15 is 0 Å². The van der Waals surface area contributed by atoms with E-state index in [2.05, 4.69) is 16.0 Å². The van der Waals surface area contributed by atoms with Gasteiger partial charge in [0.2, 0.25) is 0 Å². The molecule has 0 aromatic carbocycles. The number of nitriles is 1. The number of rotatable bonds is 3. The molecule has 5 nitrogen and oxygen atoms in total. The highest BCUT2D eigenvalue weighted by atomic mass is 32.2. The molecule has 1 aliphatic rings. The monoisotopic (exact) mass is 251 g/mol. The first-order valence-corrected chi connectivity index (χ1v) is 7.08. The minimum atomic E-state index is -3.38. The lowest BCUT2D eigenvalue weighted by atomic mass is 10.1. The van der Waals surface area contributed by atoms with Crippen LogP contribution in [-0.2, 0) is 15.3 Å². The quantitative estimate of drug-likeness (QED) is 0.804. The molecule has 0 spiro atoms. The lowest BCUT2D eigenvalue weighted by Crippen LogP contribution is -2.15. The van der Waals surface area contributed by atoms with Crippen LogP contribution in [0.1, 0.15) is 31.2 Å². The standard InChI is InChI=1S/C11H13N3O2S/c1-3-17(15,16)10-8(2)13-6-9(14-10)11(7-12)4-5-11/h6H,3-5H2,1-2H3. The van der Waals surface area contributed by atoms with Gasteiger partial charge in [-0.1, -0.05) is 6.92 Å². The molecule has 0 saturated heterocycles. The van der Waals surface area contributed by atoms with E-state index in [9.17, 15) is 8.42 Å². The van der Waals surface area contributed by atoms with Gasteiger partial charge in [0.15, 0.2) is 14.9 Å². The molecule has 0 aliphatic heterocycles. The number of sulfone groups is 1. The van der Waals surface area contributed by atoms with Gasteiger partial charge in [-0.25, -0.2) is 13.4 Å². The lowest BCUT2D eigenvalue weighted by molar-refractivity contribution is 0.590. The molecule has 1 heterocycles. The summed E-state index contributed by atoms with van der Waals surface area (Å²) >= 11 is 0. The number of hydrogen-bond donors (Lipinski definition) is 0. The summed E-state index contributed by atoms with van der Waals surface area (Å²) in [4.78, 5) is 8.20. The molecule has 0 radical (unpaired) electrons. The van der Waals surface area contributed by atoms with Crippen molar-refractivity contribution in [2.45, 2.75) is 37.1 Å². The second-order valence-electron chi connectivity index (χ2n) is 4.24. The van der Waals surface area contributed by atoms with E-state index in [1.165, 1.54) is 6.20 Å². The largest absolute Gasteiger partial charge is 0.257 e. The summed E-state index contributed by atoms with van der Waals surface area (Å²) in [5, 5.41) is 9.08. The van der Waals surface area contributed by atoms with Crippen LogP contribution in [0.3, 0.4) is 0 Å². The Morgan fingerprint density at radius 1 is 1.53 bits per heavy atom. The van der Waals surface area contributed by atoms with E-state index in [4.69, 9.17) is 5.26 Å². The Morgan fingerprint density at radius 2 is 2.18 bits per heavy atom. The normalized spacial score (nSPS) is 17.5. The molecule has 0 bridgehead atoms. The molecule has 6 heteroatoms. The fourth-order valence-electron chi connectivity index (χ4n) is 1.64. The third-order valence-electron chi connectivity index (χ3n) is 3.04. The summed E-state index contributed by atoms with van der Waals surface area (Å²) in [5.41, 5.74) is 0.278. The van der Waals surface area contributed by atoms with Crippen molar-refractivity contribution in [3.63, 3.8) is 0 Å².